The molecule has 0 aromatic heterocycles. The van der Waals surface area contributed by atoms with Gasteiger partial charge in [-0.25, -0.2) is 8.78 Å². The number of hydrogen-bond acceptors (Lipinski definition) is 2. The molecule has 0 saturated carbocycles. The quantitative estimate of drug-likeness (QED) is 0.429. The van der Waals surface area contributed by atoms with Crippen LogP contribution in [-0.4, -0.2) is 11.0 Å². The number of halogens is 3. The van der Waals surface area contributed by atoms with Crippen LogP contribution in [0.5, 0.6) is 5.75 Å². The van der Waals surface area contributed by atoms with Crippen molar-refractivity contribution in [2.75, 3.05) is 7.11 Å². The molecule has 0 saturated heterocycles. The van der Waals surface area contributed by atoms with Gasteiger partial charge in [-0.15, -0.1) is 0 Å². The Morgan fingerprint density at radius 3 is 2.23 bits per heavy atom. The van der Waals surface area contributed by atoms with Gasteiger partial charge in [-0.05, 0) is 17.6 Å². The van der Waals surface area contributed by atoms with Crippen molar-refractivity contribution >= 4 is 33.9 Å². The van der Waals surface area contributed by atoms with Crippen LogP contribution in [0.15, 0.2) is 54.7 Å². The first-order valence-corrected chi connectivity index (χ1v) is 9.67. The lowest BCUT2D eigenvalue weighted by Crippen LogP contribution is -2.26. The molecule has 138 valence electrons. The van der Waals surface area contributed by atoms with Crippen molar-refractivity contribution in [1.29, 1.82) is 0 Å². The van der Waals surface area contributed by atoms with Gasteiger partial charge in [0.05, 0.1) is 22.3 Å². The van der Waals surface area contributed by atoms with Crippen LogP contribution in [0.3, 0.4) is 0 Å². The number of rotatable bonds is 3. The minimum atomic E-state index is -0.664. The van der Waals surface area contributed by atoms with Gasteiger partial charge in [0.15, 0.2) is 0 Å². The molecule has 0 spiro atoms. The van der Waals surface area contributed by atoms with E-state index in [1.807, 2.05) is 44.2 Å². The Kier molecular flexibility index (Phi) is 7.20. The Labute approximate surface area is 167 Å². The van der Waals surface area contributed by atoms with E-state index >= 15 is 0 Å². The maximum Gasteiger partial charge on any atom is 0.139 e. The van der Waals surface area contributed by atoms with E-state index in [0.717, 1.165) is 16.8 Å². The summed E-state index contributed by atoms with van der Waals surface area (Å²) in [4.78, 5) is 0. The summed E-state index contributed by atoms with van der Waals surface area (Å²) < 4.78 is 34.2. The van der Waals surface area contributed by atoms with Crippen molar-refractivity contribution in [1.82, 2.24) is 5.32 Å². The first-order chi connectivity index (χ1) is 12.5. The van der Waals surface area contributed by atoms with Crippen molar-refractivity contribution in [2.45, 2.75) is 24.2 Å². The minimum Gasteiger partial charge on any atom is -0.497 e. The van der Waals surface area contributed by atoms with Crippen LogP contribution in [0.2, 0.25) is 0 Å². The van der Waals surface area contributed by atoms with Crippen LogP contribution in [0.1, 0.15) is 31.4 Å². The summed E-state index contributed by atoms with van der Waals surface area (Å²) in [6.07, 6.45) is 0.649. The third-order valence-corrected chi connectivity index (χ3v) is 5.16. The van der Waals surface area contributed by atoms with E-state index in [4.69, 9.17) is 4.74 Å². The maximum atomic E-state index is 14.6. The molecule has 1 unspecified atom stereocenters. The lowest BCUT2D eigenvalue weighted by molar-refractivity contribution is 0.406. The third-order valence-electron chi connectivity index (χ3n) is 3.97. The maximum absolute atomic E-state index is 14.6. The van der Waals surface area contributed by atoms with Crippen LogP contribution in [0, 0.1) is 11.6 Å². The normalized spacial score (nSPS) is 16.5. The van der Waals surface area contributed by atoms with Crippen molar-refractivity contribution in [2.24, 2.45) is 0 Å². The van der Waals surface area contributed by atoms with Gasteiger partial charge in [0.2, 0.25) is 0 Å². The van der Waals surface area contributed by atoms with Gasteiger partial charge in [-0.1, -0.05) is 73.3 Å². The van der Waals surface area contributed by atoms with Crippen LogP contribution in [0.4, 0.5) is 8.78 Å². The summed E-state index contributed by atoms with van der Waals surface area (Å²) in [5.74, 6) is -1.18. The minimum absolute atomic E-state index is 0.0842. The van der Waals surface area contributed by atoms with Gasteiger partial charge in [0.1, 0.15) is 17.4 Å². The molecule has 0 aliphatic carbocycles. The SMILES string of the molecule is C=C1NC(c2c(F)cc(OC)cc2F)=C(c2ccccc2)CC1I.CC. The summed E-state index contributed by atoms with van der Waals surface area (Å²) in [6.45, 7) is 7.97. The standard InChI is InChI=1S/C19H16F2INO.C2H6/c1-11-17(22)10-14(12-6-4-3-5-7-12)19(23-11)18-15(20)8-13(24-2)9-16(18)21;1-2/h3-9,17,23H,1,10H2,2H3;1-2H3. The fourth-order valence-corrected chi connectivity index (χ4v) is 3.34. The molecule has 0 amide bonds. The molecule has 26 heavy (non-hydrogen) atoms. The predicted octanol–water partition coefficient (Wildman–Crippen LogP) is 6.18. The molecular weight excluding hydrogens is 447 g/mol. The molecule has 3 rings (SSSR count). The van der Waals surface area contributed by atoms with Crippen molar-refractivity contribution < 1.29 is 13.5 Å². The number of benzene rings is 2. The number of allylic oxidation sites excluding steroid dienone is 2. The first kappa shape index (κ1) is 20.4. The second-order valence-corrected chi connectivity index (χ2v) is 7.01. The van der Waals surface area contributed by atoms with Gasteiger partial charge in [-0.2, -0.15) is 0 Å². The fourth-order valence-electron chi connectivity index (χ4n) is 2.74. The third kappa shape index (κ3) is 4.26. The van der Waals surface area contributed by atoms with E-state index in [1.54, 1.807) is 0 Å². The number of alkyl halides is 1. The monoisotopic (exact) mass is 469 g/mol. The highest BCUT2D eigenvalue weighted by Gasteiger charge is 2.27. The van der Waals surface area contributed by atoms with E-state index < -0.39 is 11.6 Å². The Morgan fingerprint density at radius 1 is 1.12 bits per heavy atom. The number of ether oxygens (including phenoxy) is 1. The number of hydrogen-bond donors (Lipinski definition) is 1. The van der Waals surface area contributed by atoms with E-state index in [9.17, 15) is 8.78 Å². The van der Waals surface area contributed by atoms with Crippen LogP contribution in [0.25, 0.3) is 11.3 Å². The molecule has 1 heterocycles. The highest BCUT2D eigenvalue weighted by Crippen LogP contribution is 2.39. The topological polar surface area (TPSA) is 21.3 Å². The second kappa shape index (κ2) is 9.16. The van der Waals surface area contributed by atoms with Gasteiger partial charge in [0, 0.05) is 17.8 Å². The molecule has 2 nitrogen and oxygen atoms in total. The lowest BCUT2D eigenvalue weighted by Gasteiger charge is -2.28. The molecule has 1 aliphatic rings. The second-order valence-electron chi connectivity index (χ2n) is 5.51. The van der Waals surface area contributed by atoms with Crippen molar-refractivity contribution in [3.63, 3.8) is 0 Å². The molecule has 2 aromatic carbocycles. The van der Waals surface area contributed by atoms with E-state index in [2.05, 4.69) is 34.5 Å². The molecule has 0 radical (unpaired) electrons. The Balaban J connectivity index is 0.00000117. The zero-order chi connectivity index (χ0) is 19.3. The van der Waals surface area contributed by atoms with E-state index in [-0.39, 0.29) is 15.2 Å². The summed E-state index contributed by atoms with van der Waals surface area (Å²) >= 11 is 2.28. The zero-order valence-electron chi connectivity index (χ0n) is 15.1. The molecule has 1 atom stereocenters. The number of nitrogens with one attached hydrogen (secondary N) is 1. The summed E-state index contributed by atoms with van der Waals surface area (Å²) in [6, 6.07) is 12.0. The average molecular weight is 469 g/mol. The van der Waals surface area contributed by atoms with E-state index in [0.29, 0.717) is 12.1 Å². The molecule has 2 aromatic rings. The van der Waals surface area contributed by atoms with Gasteiger partial charge in [0.25, 0.3) is 0 Å². The summed E-state index contributed by atoms with van der Waals surface area (Å²) in [7, 11) is 1.38. The Morgan fingerprint density at radius 2 is 1.69 bits per heavy atom. The summed E-state index contributed by atoms with van der Waals surface area (Å²) in [5, 5.41) is 3.11. The molecule has 1 aliphatic heterocycles. The molecule has 0 bridgehead atoms. The molecule has 1 N–H and O–H groups in total. The van der Waals surface area contributed by atoms with Crippen LogP contribution >= 0.6 is 22.6 Å². The van der Waals surface area contributed by atoms with Crippen molar-refractivity contribution in [3.8, 4) is 5.75 Å². The first-order valence-electron chi connectivity index (χ1n) is 8.43. The van der Waals surface area contributed by atoms with Crippen molar-refractivity contribution in [3.05, 3.63) is 77.5 Å². The van der Waals surface area contributed by atoms with Crippen LogP contribution in [-0.2, 0) is 0 Å². The Bertz CT molecular complexity index is 795. The van der Waals surface area contributed by atoms with Gasteiger partial charge in [-0.3, -0.25) is 0 Å². The van der Waals surface area contributed by atoms with Gasteiger partial charge < -0.3 is 10.1 Å². The smallest absolute Gasteiger partial charge is 0.139 e. The highest BCUT2D eigenvalue weighted by molar-refractivity contribution is 14.1. The molecular formula is C21H22F2INO. The number of methoxy groups -OCH3 is 1. The average Bonchev–Trinajstić information content (AvgIpc) is 2.66. The van der Waals surface area contributed by atoms with Gasteiger partial charge >= 0.3 is 0 Å². The Hall–Kier alpha value is -1.89. The highest BCUT2D eigenvalue weighted by atomic mass is 127. The van der Waals surface area contributed by atoms with E-state index in [1.165, 1.54) is 19.2 Å². The van der Waals surface area contributed by atoms with Crippen LogP contribution < -0.4 is 10.1 Å². The fraction of sp³-hybridized carbons (Fsp3) is 0.238. The zero-order valence-corrected chi connectivity index (χ0v) is 17.2. The summed E-state index contributed by atoms with van der Waals surface area (Å²) in [5.41, 5.74) is 2.88. The molecule has 0 fully saturated rings. The lowest BCUT2D eigenvalue weighted by atomic mass is 9.91. The largest absolute Gasteiger partial charge is 0.497 e. The predicted molar refractivity (Wildman–Crippen MR) is 112 cm³/mol. The molecule has 5 heteroatoms.